The lowest BCUT2D eigenvalue weighted by molar-refractivity contribution is -0.134. The number of likely N-dealkylation sites (tertiary alicyclic amines) is 1. The molecule has 164 valence electrons. The third kappa shape index (κ3) is 7.66. The molecule has 1 aliphatic heterocycles. The normalized spacial score (nSPS) is 21.1. The summed E-state index contributed by atoms with van der Waals surface area (Å²) in [5.41, 5.74) is 0. The van der Waals surface area contributed by atoms with Crippen LogP contribution in [0.1, 0.15) is 45.4 Å². The number of rotatable bonds is 8. The van der Waals surface area contributed by atoms with E-state index in [9.17, 15) is 13.2 Å². The Balaban J connectivity index is 0.00000392. The maximum absolute atomic E-state index is 12.5. The van der Waals surface area contributed by atoms with E-state index in [0.717, 1.165) is 32.4 Å². The molecule has 0 aromatic rings. The average Bonchev–Trinajstić information content (AvgIpc) is 3.31. The first-order valence-electron chi connectivity index (χ1n) is 10.1. The van der Waals surface area contributed by atoms with Crippen molar-refractivity contribution >= 4 is 45.9 Å². The highest BCUT2D eigenvalue weighted by molar-refractivity contribution is 14.0. The van der Waals surface area contributed by atoms with Gasteiger partial charge in [-0.25, -0.2) is 12.7 Å². The van der Waals surface area contributed by atoms with Gasteiger partial charge in [0.1, 0.15) is 0 Å². The standard InChI is InChI=1S/C18H35N5O3S.HI/c1-4-23(27(3,25)26)12-7-11-20-18(19-2)21-16-10-13-22(14-16)17(24)15-8-5-6-9-15;/h15-16H,4-14H2,1-3H3,(H2,19,20,21);1H. The molecule has 1 aliphatic carbocycles. The lowest BCUT2D eigenvalue weighted by atomic mass is 10.1. The quantitative estimate of drug-likeness (QED) is 0.214. The largest absolute Gasteiger partial charge is 0.356 e. The molecule has 1 heterocycles. The summed E-state index contributed by atoms with van der Waals surface area (Å²) >= 11 is 0. The Morgan fingerprint density at radius 3 is 2.50 bits per heavy atom. The van der Waals surface area contributed by atoms with Gasteiger partial charge in [0, 0.05) is 51.7 Å². The fourth-order valence-corrected chi connectivity index (χ4v) is 4.85. The van der Waals surface area contributed by atoms with Crippen LogP contribution < -0.4 is 10.6 Å². The van der Waals surface area contributed by atoms with E-state index < -0.39 is 10.0 Å². The fourth-order valence-electron chi connectivity index (χ4n) is 3.92. The van der Waals surface area contributed by atoms with E-state index in [4.69, 9.17) is 0 Å². The molecular weight excluding hydrogens is 493 g/mol. The first-order chi connectivity index (χ1) is 12.8. The third-order valence-corrected chi connectivity index (χ3v) is 6.85. The predicted molar refractivity (Wildman–Crippen MR) is 124 cm³/mol. The Labute approximate surface area is 187 Å². The van der Waals surface area contributed by atoms with Crippen molar-refractivity contribution < 1.29 is 13.2 Å². The van der Waals surface area contributed by atoms with Gasteiger partial charge in [-0.15, -0.1) is 24.0 Å². The summed E-state index contributed by atoms with van der Waals surface area (Å²) in [5, 5.41) is 6.63. The molecule has 8 nitrogen and oxygen atoms in total. The minimum atomic E-state index is -3.14. The molecule has 2 aliphatic rings. The summed E-state index contributed by atoms with van der Waals surface area (Å²) in [6, 6.07) is 0.213. The van der Waals surface area contributed by atoms with Crippen LogP contribution in [-0.2, 0) is 14.8 Å². The van der Waals surface area contributed by atoms with Crippen molar-refractivity contribution in [3.8, 4) is 0 Å². The Bertz CT molecular complexity index is 623. The molecule has 1 amide bonds. The van der Waals surface area contributed by atoms with Crippen LogP contribution >= 0.6 is 24.0 Å². The number of halogens is 1. The molecule has 1 saturated carbocycles. The highest BCUT2D eigenvalue weighted by Crippen LogP contribution is 2.27. The van der Waals surface area contributed by atoms with E-state index in [1.807, 2.05) is 11.8 Å². The highest BCUT2D eigenvalue weighted by atomic mass is 127. The summed E-state index contributed by atoms with van der Waals surface area (Å²) in [7, 11) is -1.42. The van der Waals surface area contributed by atoms with Crippen molar-refractivity contribution in [3.63, 3.8) is 0 Å². The van der Waals surface area contributed by atoms with Crippen molar-refractivity contribution in [2.24, 2.45) is 10.9 Å². The summed E-state index contributed by atoms with van der Waals surface area (Å²) in [6.07, 6.45) is 7.31. The van der Waals surface area contributed by atoms with E-state index in [1.165, 1.54) is 23.4 Å². The van der Waals surface area contributed by atoms with E-state index >= 15 is 0 Å². The Hall–Kier alpha value is -0.620. The monoisotopic (exact) mass is 529 g/mol. The Kier molecular flexibility index (Phi) is 11.0. The van der Waals surface area contributed by atoms with Gasteiger partial charge in [-0.3, -0.25) is 9.79 Å². The summed E-state index contributed by atoms with van der Waals surface area (Å²) in [6.45, 7) is 5.00. The molecule has 10 heteroatoms. The van der Waals surface area contributed by atoms with Crippen molar-refractivity contribution in [1.82, 2.24) is 19.8 Å². The van der Waals surface area contributed by atoms with Crippen molar-refractivity contribution in [1.29, 1.82) is 0 Å². The maximum atomic E-state index is 12.5. The molecule has 0 radical (unpaired) electrons. The predicted octanol–water partition coefficient (Wildman–Crippen LogP) is 1.23. The molecule has 0 bridgehead atoms. The van der Waals surface area contributed by atoms with Gasteiger partial charge in [0.25, 0.3) is 0 Å². The Morgan fingerprint density at radius 2 is 1.93 bits per heavy atom. The minimum Gasteiger partial charge on any atom is -0.356 e. The van der Waals surface area contributed by atoms with Gasteiger partial charge >= 0.3 is 0 Å². The molecule has 2 fully saturated rings. The van der Waals surface area contributed by atoms with Crippen molar-refractivity contribution in [3.05, 3.63) is 0 Å². The molecule has 0 aromatic carbocycles. The summed E-state index contributed by atoms with van der Waals surface area (Å²) < 4.78 is 24.7. The smallest absolute Gasteiger partial charge is 0.225 e. The number of sulfonamides is 1. The number of carbonyl (C=O) groups excluding carboxylic acids is 1. The number of carbonyl (C=O) groups is 1. The van der Waals surface area contributed by atoms with Gasteiger partial charge in [0.2, 0.25) is 15.9 Å². The number of nitrogens with one attached hydrogen (secondary N) is 2. The number of nitrogens with zero attached hydrogens (tertiary/aromatic N) is 3. The second-order valence-corrected chi connectivity index (χ2v) is 9.49. The van der Waals surface area contributed by atoms with Gasteiger partial charge < -0.3 is 15.5 Å². The molecular formula is C18H36IN5O3S. The van der Waals surface area contributed by atoms with E-state index in [2.05, 4.69) is 15.6 Å². The van der Waals surface area contributed by atoms with Gasteiger partial charge in [-0.1, -0.05) is 19.8 Å². The fraction of sp³-hybridized carbons (Fsp3) is 0.889. The van der Waals surface area contributed by atoms with Gasteiger partial charge in [0.05, 0.1) is 6.26 Å². The number of guanidine groups is 1. The summed E-state index contributed by atoms with van der Waals surface area (Å²) in [5.74, 6) is 1.26. The third-order valence-electron chi connectivity index (χ3n) is 5.47. The molecule has 28 heavy (non-hydrogen) atoms. The first-order valence-corrected chi connectivity index (χ1v) is 11.9. The zero-order valence-corrected chi connectivity index (χ0v) is 20.5. The van der Waals surface area contributed by atoms with Gasteiger partial charge in [0.15, 0.2) is 5.96 Å². The SMILES string of the molecule is CCN(CCCNC(=NC)NC1CCN(C(=O)C2CCCC2)C1)S(C)(=O)=O.I. The first kappa shape index (κ1) is 25.4. The van der Waals surface area contributed by atoms with Crippen molar-refractivity contribution in [2.45, 2.75) is 51.5 Å². The number of amides is 1. The molecule has 2 N–H and O–H groups in total. The molecule has 0 spiro atoms. The number of hydrogen-bond donors (Lipinski definition) is 2. The minimum absolute atomic E-state index is 0. The van der Waals surface area contributed by atoms with E-state index in [-0.39, 0.29) is 35.9 Å². The topological polar surface area (TPSA) is 94.1 Å². The maximum Gasteiger partial charge on any atom is 0.225 e. The molecule has 1 atom stereocenters. The van der Waals surface area contributed by atoms with Crippen LogP contribution in [-0.4, -0.2) is 81.6 Å². The molecule has 1 unspecified atom stereocenters. The lowest BCUT2D eigenvalue weighted by Crippen LogP contribution is -2.46. The van der Waals surface area contributed by atoms with Crippen LogP contribution in [0.4, 0.5) is 0 Å². The lowest BCUT2D eigenvalue weighted by Gasteiger charge is -2.22. The average molecular weight is 529 g/mol. The molecule has 2 rings (SSSR count). The van der Waals surface area contributed by atoms with Gasteiger partial charge in [-0.05, 0) is 25.7 Å². The second-order valence-electron chi connectivity index (χ2n) is 7.50. The zero-order chi connectivity index (χ0) is 19.9. The number of hydrogen-bond acceptors (Lipinski definition) is 4. The van der Waals surface area contributed by atoms with Crippen LogP contribution in [0.3, 0.4) is 0 Å². The van der Waals surface area contributed by atoms with Crippen LogP contribution in [0, 0.1) is 5.92 Å². The zero-order valence-electron chi connectivity index (χ0n) is 17.3. The van der Waals surface area contributed by atoms with Crippen LogP contribution in [0.25, 0.3) is 0 Å². The van der Waals surface area contributed by atoms with Crippen LogP contribution in [0.5, 0.6) is 0 Å². The van der Waals surface area contributed by atoms with Crippen LogP contribution in [0.15, 0.2) is 4.99 Å². The van der Waals surface area contributed by atoms with E-state index in [0.29, 0.717) is 37.9 Å². The Morgan fingerprint density at radius 1 is 1.25 bits per heavy atom. The second kappa shape index (κ2) is 12.2. The van der Waals surface area contributed by atoms with Crippen LogP contribution in [0.2, 0.25) is 0 Å². The van der Waals surface area contributed by atoms with Gasteiger partial charge in [-0.2, -0.15) is 0 Å². The number of aliphatic imine (C=N–C) groups is 1. The molecule has 1 saturated heterocycles. The molecule has 0 aromatic heterocycles. The highest BCUT2D eigenvalue weighted by Gasteiger charge is 2.32. The van der Waals surface area contributed by atoms with E-state index in [1.54, 1.807) is 7.05 Å². The van der Waals surface area contributed by atoms with Crippen molar-refractivity contribution in [2.75, 3.05) is 46.0 Å². The summed E-state index contributed by atoms with van der Waals surface area (Å²) in [4.78, 5) is 18.8.